The number of alkyl halides is 3. The van der Waals surface area contributed by atoms with E-state index >= 15 is 0 Å². The van der Waals surface area contributed by atoms with Crippen LogP contribution in [0.4, 0.5) is 13.2 Å². The predicted octanol–water partition coefficient (Wildman–Crippen LogP) is 7.37. The lowest BCUT2D eigenvalue weighted by atomic mass is 9.76. The molecule has 0 aliphatic rings. The average molecular weight is 552 g/mol. The van der Waals surface area contributed by atoms with Crippen molar-refractivity contribution in [3.63, 3.8) is 0 Å². The summed E-state index contributed by atoms with van der Waals surface area (Å²) < 4.78 is 47.3. The number of fused-ring (bicyclic) bond motifs is 1. The molecule has 0 bridgehead atoms. The van der Waals surface area contributed by atoms with E-state index in [1.165, 1.54) is 12.1 Å². The highest BCUT2D eigenvalue weighted by molar-refractivity contribution is 6.31. The second kappa shape index (κ2) is 11.9. The minimum Gasteiger partial charge on any atom is -0.487 e. The van der Waals surface area contributed by atoms with Gasteiger partial charge in [0, 0.05) is 10.4 Å². The van der Waals surface area contributed by atoms with Crippen LogP contribution in [0.2, 0.25) is 5.02 Å². The zero-order valence-corrected chi connectivity index (χ0v) is 21.9. The molecule has 3 aromatic carbocycles. The highest BCUT2D eigenvalue weighted by atomic mass is 35.5. The van der Waals surface area contributed by atoms with Crippen LogP contribution in [0.25, 0.3) is 10.8 Å². The molecule has 3 aromatic rings. The van der Waals surface area contributed by atoms with Crippen molar-refractivity contribution in [2.45, 2.75) is 59.0 Å². The van der Waals surface area contributed by atoms with Gasteiger partial charge in [-0.05, 0) is 59.5 Å². The van der Waals surface area contributed by atoms with Gasteiger partial charge in [-0.15, -0.1) is 13.2 Å². The highest BCUT2D eigenvalue weighted by Gasteiger charge is 2.39. The van der Waals surface area contributed by atoms with Crippen LogP contribution in [0.15, 0.2) is 54.6 Å². The lowest BCUT2D eigenvalue weighted by Gasteiger charge is -2.34. The predicted molar refractivity (Wildman–Crippen MR) is 139 cm³/mol. The molecule has 0 aromatic heterocycles. The fourth-order valence-corrected chi connectivity index (χ4v) is 4.55. The maximum absolute atomic E-state index is 13.5. The molecule has 3 rings (SSSR count). The maximum Gasteiger partial charge on any atom is 0.573 e. The fraction of sp³-hybridized carbons (Fsp3) is 0.357. The number of ether oxygens (including phenoxy) is 2. The number of carbonyl (C=O) groups excluding carboxylic acids is 1. The SMILES string of the molecule is CCCC(C)(CC)[C@H](NC(=O)c1ccc2ccc(Cl)cc2c1OCc1ccc(OC(F)(F)F)cc1)C(=O)O. The summed E-state index contributed by atoms with van der Waals surface area (Å²) in [5, 5.41) is 14.3. The zero-order valence-electron chi connectivity index (χ0n) is 21.2. The molecule has 0 spiro atoms. The van der Waals surface area contributed by atoms with E-state index in [1.807, 2.05) is 20.8 Å². The summed E-state index contributed by atoms with van der Waals surface area (Å²) in [5.41, 5.74) is -0.0368. The maximum atomic E-state index is 13.5. The number of nitrogens with one attached hydrogen (secondary N) is 1. The van der Waals surface area contributed by atoms with E-state index in [1.54, 1.807) is 30.3 Å². The van der Waals surface area contributed by atoms with E-state index in [0.29, 0.717) is 28.8 Å². The topological polar surface area (TPSA) is 84.9 Å². The molecule has 0 aliphatic carbocycles. The van der Waals surface area contributed by atoms with Gasteiger partial charge in [-0.2, -0.15) is 0 Å². The largest absolute Gasteiger partial charge is 0.573 e. The Labute approximate surface area is 223 Å². The van der Waals surface area contributed by atoms with Crippen molar-refractivity contribution >= 4 is 34.2 Å². The monoisotopic (exact) mass is 551 g/mol. The van der Waals surface area contributed by atoms with Gasteiger partial charge in [-0.1, -0.05) is 63.1 Å². The number of carbonyl (C=O) groups is 2. The van der Waals surface area contributed by atoms with Crippen LogP contribution in [-0.2, 0) is 11.4 Å². The van der Waals surface area contributed by atoms with Crippen molar-refractivity contribution in [1.82, 2.24) is 5.32 Å². The van der Waals surface area contributed by atoms with Gasteiger partial charge in [0.2, 0.25) is 0 Å². The number of carboxylic acids is 1. The summed E-state index contributed by atoms with van der Waals surface area (Å²) >= 11 is 6.21. The van der Waals surface area contributed by atoms with E-state index in [4.69, 9.17) is 16.3 Å². The summed E-state index contributed by atoms with van der Waals surface area (Å²) in [6.07, 6.45) is -2.91. The van der Waals surface area contributed by atoms with Crippen molar-refractivity contribution in [3.8, 4) is 11.5 Å². The molecule has 1 unspecified atom stereocenters. The van der Waals surface area contributed by atoms with Gasteiger partial charge in [0.05, 0.1) is 5.56 Å². The van der Waals surface area contributed by atoms with Gasteiger partial charge in [0.15, 0.2) is 0 Å². The highest BCUT2D eigenvalue weighted by Crippen LogP contribution is 2.35. The Balaban J connectivity index is 1.95. The minimum atomic E-state index is -4.80. The van der Waals surface area contributed by atoms with E-state index in [2.05, 4.69) is 10.1 Å². The number of amides is 1. The number of rotatable bonds is 11. The molecule has 0 aliphatic heterocycles. The Kier molecular flexibility index (Phi) is 9.14. The van der Waals surface area contributed by atoms with E-state index < -0.39 is 29.7 Å². The second-order valence-corrected chi connectivity index (χ2v) is 9.73. The first kappa shape index (κ1) is 29.1. The summed E-state index contributed by atoms with van der Waals surface area (Å²) in [7, 11) is 0. The molecular weight excluding hydrogens is 523 g/mol. The van der Waals surface area contributed by atoms with Crippen LogP contribution < -0.4 is 14.8 Å². The summed E-state index contributed by atoms with van der Waals surface area (Å²) in [6, 6.07) is 12.3. The second-order valence-electron chi connectivity index (χ2n) is 9.29. The molecule has 0 heterocycles. The Morgan fingerprint density at radius 3 is 2.29 bits per heavy atom. The first-order valence-corrected chi connectivity index (χ1v) is 12.5. The first-order valence-electron chi connectivity index (χ1n) is 12.1. The Hall–Kier alpha value is -3.46. The summed E-state index contributed by atoms with van der Waals surface area (Å²) in [5.74, 6) is -1.96. The van der Waals surface area contributed by atoms with Crippen molar-refractivity contribution in [3.05, 3.63) is 70.7 Å². The molecule has 2 atom stereocenters. The minimum absolute atomic E-state index is 0.0803. The third kappa shape index (κ3) is 7.10. The van der Waals surface area contributed by atoms with E-state index in [0.717, 1.165) is 23.9 Å². The molecule has 10 heteroatoms. The van der Waals surface area contributed by atoms with Gasteiger partial charge in [0.25, 0.3) is 5.91 Å². The number of benzene rings is 3. The molecule has 2 N–H and O–H groups in total. The lowest BCUT2D eigenvalue weighted by Crippen LogP contribution is -2.51. The standard InChI is InChI=1S/C28H29ClF3NO5/c1-4-14-27(3,5-2)24(26(35)36)33-25(34)21-13-9-18-8-10-19(29)15-22(18)23(21)37-16-17-6-11-20(12-7-17)38-28(30,31)32/h6-13,15,24H,4-5,14,16H2,1-3H3,(H,33,34)(H,35,36)/t24-,27?/m1/s1. The van der Waals surface area contributed by atoms with Crippen LogP contribution in [-0.4, -0.2) is 29.4 Å². The molecular formula is C28H29ClF3NO5. The number of aliphatic carboxylic acids is 1. The number of hydrogen-bond acceptors (Lipinski definition) is 4. The van der Waals surface area contributed by atoms with Crippen molar-refractivity contribution in [2.24, 2.45) is 5.41 Å². The van der Waals surface area contributed by atoms with Crippen molar-refractivity contribution in [2.75, 3.05) is 0 Å². The van der Waals surface area contributed by atoms with Gasteiger partial charge < -0.3 is 19.9 Å². The summed E-state index contributed by atoms with van der Waals surface area (Å²) in [6.45, 7) is 5.59. The Morgan fingerprint density at radius 2 is 1.71 bits per heavy atom. The smallest absolute Gasteiger partial charge is 0.487 e. The van der Waals surface area contributed by atoms with Crippen LogP contribution in [0.5, 0.6) is 11.5 Å². The van der Waals surface area contributed by atoms with Gasteiger partial charge >= 0.3 is 12.3 Å². The summed E-state index contributed by atoms with van der Waals surface area (Å²) in [4.78, 5) is 25.6. The first-order chi connectivity index (χ1) is 17.9. The Bertz CT molecular complexity index is 1300. The van der Waals surface area contributed by atoms with Crippen molar-refractivity contribution in [1.29, 1.82) is 0 Å². The van der Waals surface area contributed by atoms with Crippen molar-refractivity contribution < 1.29 is 37.3 Å². The van der Waals surface area contributed by atoms with Crippen LogP contribution in [0, 0.1) is 5.41 Å². The van der Waals surface area contributed by atoms with Crippen LogP contribution >= 0.6 is 11.6 Å². The molecule has 1 amide bonds. The quantitative estimate of drug-likeness (QED) is 0.260. The van der Waals surface area contributed by atoms with Crippen LogP contribution in [0.1, 0.15) is 56.0 Å². The number of halogens is 4. The Morgan fingerprint density at radius 1 is 1.05 bits per heavy atom. The average Bonchev–Trinajstić information content (AvgIpc) is 2.85. The molecule has 204 valence electrons. The zero-order chi connectivity index (χ0) is 28.1. The van der Waals surface area contributed by atoms with Gasteiger partial charge in [-0.25, -0.2) is 4.79 Å². The lowest BCUT2D eigenvalue weighted by molar-refractivity contribution is -0.274. The molecule has 0 saturated carbocycles. The molecule has 0 saturated heterocycles. The normalized spacial score (nSPS) is 14.0. The molecule has 38 heavy (non-hydrogen) atoms. The number of hydrogen-bond donors (Lipinski definition) is 2. The van der Waals surface area contributed by atoms with E-state index in [-0.39, 0.29) is 23.7 Å². The number of carboxylic acid groups (broad SMARTS) is 1. The van der Waals surface area contributed by atoms with Gasteiger partial charge in [0.1, 0.15) is 24.1 Å². The fourth-order valence-electron chi connectivity index (χ4n) is 4.38. The third-order valence-electron chi connectivity index (χ3n) is 6.57. The van der Waals surface area contributed by atoms with Gasteiger partial charge in [-0.3, -0.25) is 4.79 Å². The van der Waals surface area contributed by atoms with Crippen LogP contribution in [0.3, 0.4) is 0 Å². The molecule has 6 nitrogen and oxygen atoms in total. The van der Waals surface area contributed by atoms with E-state index in [9.17, 15) is 27.9 Å². The third-order valence-corrected chi connectivity index (χ3v) is 6.80. The molecule has 0 fully saturated rings. The molecule has 0 radical (unpaired) electrons.